The fourth-order valence-electron chi connectivity index (χ4n) is 2.07. The highest BCUT2D eigenvalue weighted by Crippen LogP contribution is 2.31. The van der Waals surface area contributed by atoms with Gasteiger partial charge in [-0.15, -0.1) is 11.3 Å². The molecule has 1 heterocycles. The largest absolute Gasteiger partial charge is 0.459 e. The average Bonchev–Trinajstić information content (AvgIpc) is 3.10. The van der Waals surface area contributed by atoms with E-state index in [0.29, 0.717) is 4.88 Å². The molecular formula is C16H17NO5S2. The Bertz CT molecular complexity index is 785. The highest BCUT2D eigenvalue weighted by Gasteiger charge is 2.31. The summed E-state index contributed by atoms with van der Waals surface area (Å²) in [6.45, 7) is 1.44. The molecule has 0 fully saturated rings. The van der Waals surface area contributed by atoms with Crippen LogP contribution in [0.4, 0.5) is 0 Å². The van der Waals surface area contributed by atoms with E-state index < -0.39 is 27.0 Å². The van der Waals surface area contributed by atoms with Crippen LogP contribution in [-0.4, -0.2) is 33.4 Å². The normalized spacial score (nSPS) is 12.4. The molecule has 0 radical (unpaired) electrons. The number of ether oxygens (including phenoxy) is 1. The molecule has 0 spiro atoms. The molecule has 1 N–H and O–H groups in total. The maximum atomic E-state index is 12.9. The molecule has 6 nitrogen and oxygen atoms in total. The zero-order chi connectivity index (χ0) is 17.6. The standard InChI is InChI=1S/C16H17NO5S2/c1-2-22-16(19)15(18)17-11-14(13-9-6-10-23-13)24(20,21)12-7-4-3-5-8-12/h3-10,14H,2,11H2,1H3,(H,17,18)/t14-/m0/s1. The molecule has 2 rings (SSSR count). The fraction of sp³-hybridized carbons (Fsp3) is 0.250. The van der Waals surface area contributed by atoms with Crippen molar-refractivity contribution < 1.29 is 22.7 Å². The number of thiophene rings is 1. The molecule has 2 aromatic rings. The van der Waals surface area contributed by atoms with E-state index in [9.17, 15) is 18.0 Å². The van der Waals surface area contributed by atoms with E-state index in [1.54, 1.807) is 42.6 Å². The summed E-state index contributed by atoms with van der Waals surface area (Å²) in [6.07, 6.45) is 0. The summed E-state index contributed by atoms with van der Waals surface area (Å²) < 4.78 is 30.4. The Kier molecular flexibility index (Phi) is 6.10. The van der Waals surface area contributed by atoms with E-state index in [2.05, 4.69) is 10.1 Å². The zero-order valence-corrected chi connectivity index (χ0v) is 14.6. The van der Waals surface area contributed by atoms with Crippen LogP contribution in [0, 0.1) is 0 Å². The van der Waals surface area contributed by atoms with E-state index in [1.807, 2.05) is 0 Å². The molecule has 0 saturated carbocycles. The third kappa shape index (κ3) is 4.21. The lowest BCUT2D eigenvalue weighted by atomic mass is 10.3. The minimum atomic E-state index is -3.71. The third-order valence-corrected chi connectivity index (χ3v) is 6.45. The smallest absolute Gasteiger partial charge is 0.396 e. The Hall–Kier alpha value is -2.19. The molecule has 1 atom stereocenters. The third-order valence-electron chi connectivity index (χ3n) is 3.22. The Morgan fingerprint density at radius 3 is 2.46 bits per heavy atom. The Morgan fingerprint density at radius 1 is 1.17 bits per heavy atom. The van der Waals surface area contributed by atoms with Crippen LogP contribution in [0.1, 0.15) is 17.1 Å². The first-order valence-electron chi connectivity index (χ1n) is 7.24. The van der Waals surface area contributed by atoms with Crippen molar-refractivity contribution in [1.29, 1.82) is 0 Å². The predicted octanol–water partition coefficient (Wildman–Crippen LogP) is 1.94. The molecule has 1 amide bonds. The van der Waals surface area contributed by atoms with Crippen molar-refractivity contribution in [3.05, 3.63) is 52.7 Å². The number of carbonyl (C=O) groups excluding carboxylic acids is 2. The second-order valence-electron chi connectivity index (χ2n) is 4.79. The van der Waals surface area contributed by atoms with E-state index in [-0.39, 0.29) is 18.0 Å². The lowest BCUT2D eigenvalue weighted by Gasteiger charge is -2.17. The Balaban J connectivity index is 2.24. The van der Waals surface area contributed by atoms with Crippen molar-refractivity contribution in [3.63, 3.8) is 0 Å². The van der Waals surface area contributed by atoms with E-state index in [4.69, 9.17) is 0 Å². The molecule has 128 valence electrons. The first-order valence-corrected chi connectivity index (χ1v) is 9.66. The Labute approximate surface area is 144 Å². The average molecular weight is 367 g/mol. The van der Waals surface area contributed by atoms with Gasteiger partial charge in [0, 0.05) is 11.4 Å². The molecular weight excluding hydrogens is 350 g/mol. The van der Waals surface area contributed by atoms with Gasteiger partial charge in [0.05, 0.1) is 11.5 Å². The fourth-order valence-corrected chi connectivity index (χ4v) is 4.87. The number of sulfone groups is 1. The molecule has 1 aromatic carbocycles. The van der Waals surface area contributed by atoms with Gasteiger partial charge in [-0.25, -0.2) is 13.2 Å². The molecule has 0 unspecified atom stereocenters. The van der Waals surface area contributed by atoms with Crippen LogP contribution < -0.4 is 5.32 Å². The van der Waals surface area contributed by atoms with Crippen LogP contribution in [0.5, 0.6) is 0 Å². The molecule has 8 heteroatoms. The van der Waals surface area contributed by atoms with Crippen molar-refractivity contribution in [1.82, 2.24) is 5.32 Å². The van der Waals surface area contributed by atoms with Gasteiger partial charge in [0.2, 0.25) is 0 Å². The van der Waals surface area contributed by atoms with Crippen molar-refractivity contribution in [2.24, 2.45) is 0 Å². The number of hydrogen-bond donors (Lipinski definition) is 1. The van der Waals surface area contributed by atoms with Crippen molar-refractivity contribution in [2.75, 3.05) is 13.2 Å². The number of benzene rings is 1. The van der Waals surface area contributed by atoms with Crippen molar-refractivity contribution >= 4 is 33.1 Å². The lowest BCUT2D eigenvalue weighted by Crippen LogP contribution is -2.37. The van der Waals surface area contributed by atoms with Crippen LogP contribution in [-0.2, 0) is 24.2 Å². The summed E-state index contributed by atoms with van der Waals surface area (Å²) in [5, 5.41) is 3.13. The van der Waals surface area contributed by atoms with Gasteiger partial charge in [-0.1, -0.05) is 24.3 Å². The van der Waals surface area contributed by atoms with Gasteiger partial charge in [0.15, 0.2) is 9.84 Å². The quantitative estimate of drug-likeness (QED) is 0.622. The highest BCUT2D eigenvalue weighted by atomic mass is 32.2. The van der Waals surface area contributed by atoms with Gasteiger partial charge in [-0.3, -0.25) is 4.79 Å². The summed E-state index contributed by atoms with van der Waals surface area (Å²) in [5.41, 5.74) is 0. The summed E-state index contributed by atoms with van der Waals surface area (Å²) in [6, 6.07) is 11.4. The maximum absolute atomic E-state index is 12.9. The van der Waals surface area contributed by atoms with Gasteiger partial charge in [-0.05, 0) is 30.5 Å². The zero-order valence-electron chi connectivity index (χ0n) is 13.0. The van der Waals surface area contributed by atoms with E-state index >= 15 is 0 Å². The second kappa shape index (κ2) is 8.07. The Morgan fingerprint density at radius 2 is 1.88 bits per heavy atom. The van der Waals surface area contributed by atoms with Gasteiger partial charge in [-0.2, -0.15) is 0 Å². The monoisotopic (exact) mass is 367 g/mol. The highest BCUT2D eigenvalue weighted by molar-refractivity contribution is 7.91. The summed E-state index contributed by atoms with van der Waals surface area (Å²) in [4.78, 5) is 23.8. The van der Waals surface area contributed by atoms with Gasteiger partial charge in [0.1, 0.15) is 5.25 Å². The molecule has 1 aromatic heterocycles. The lowest BCUT2D eigenvalue weighted by molar-refractivity contribution is -0.154. The number of rotatable bonds is 6. The second-order valence-corrected chi connectivity index (χ2v) is 7.90. The minimum Gasteiger partial charge on any atom is -0.459 e. The minimum absolute atomic E-state index is 0.0723. The van der Waals surface area contributed by atoms with Crippen LogP contribution in [0.3, 0.4) is 0 Å². The molecule has 0 saturated heterocycles. The molecule has 0 bridgehead atoms. The van der Waals surface area contributed by atoms with Crippen molar-refractivity contribution in [3.8, 4) is 0 Å². The van der Waals surface area contributed by atoms with Crippen LogP contribution >= 0.6 is 11.3 Å². The predicted molar refractivity (Wildman–Crippen MR) is 90.3 cm³/mol. The first kappa shape index (κ1) is 18.2. The molecule has 24 heavy (non-hydrogen) atoms. The number of hydrogen-bond acceptors (Lipinski definition) is 6. The summed E-state index contributed by atoms with van der Waals surface area (Å²) in [5.74, 6) is -1.98. The van der Waals surface area contributed by atoms with Gasteiger partial charge >= 0.3 is 11.9 Å². The number of carbonyl (C=O) groups is 2. The topological polar surface area (TPSA) is 89.5 Å². The number of esters is 1. The van der Waals surface area contributed by atoms with Crippen LogP contribution in [0.2, 0.25) is 0 Å². The first-order chi connectivity index (χ1) is 11.5. The van der Waals surface area contributed by atoms with E-state index in [1.165, 1.54) is 23.5 Å². The molecule has 0 aliphatic carbocycles. The van der Waals surface area contributed by atoms with Gasteiger partial charge in [0.25, 0.3) is 0 Å². The summed E-state index contributed by atoms with van der Waals surface area (Å²) >= 11 is 1.28. The summed E-state index contributed by atoms with van der Waals surface area (Å²) in [7, 11) is -3.71. The maximum Gasteiger partial charge on any atom is 0.396 e. The van der Waals surface area contributed by atoms with Gasteiger partial charge < -0.3 is 10.1 Å². The van der Waals surface area contributed by atoms with Crippen LogP contribution in [0.25, 0.3) is 0 Å². The number of amides is 1. The van der Waals surface area contributed by atoms with E-state index in [0.717, 1.165) is 0 Å². The molecule has 0 aliphatic rings. The molecule has 0 aliphatic heterocycles. The van der Waals surface area contributed by atoms with Crippen molar-refractivity contribution in [2.45, 2.75) is 17.1 Å². The number of nitrogens with one attached hydrogen (secondary N) is 1. The SMILES string of the molecule is CCOC(=O)C(=O)NC[C@@H](c1cccs1)S(=O)(=O)c1ccccc1. The van der Waals surface area contributed by atoms with Crippen LogP contribution in [0.15, 0.2) is 52.7 Å².